The second-order valence-corrected chi connectivity index (χ2v) is 7.72. The number of alkyl halides is 3. The van der Waals surface area contributed by atoms with E-state index in [4.69, 9.17) is 21.4 Å². The van der Waals surface area contributed by atoms with Crippen LogP contribution in [0.25, 0.3) is 0 Å². The van der Waals surface area contributed by atoms with Gasteiger partial charge in [0.25, 0.3) is 0 Å². The second kappa shape index (κ2) is 7.06. The molecule has 0 N–H and O–H groups in total. The number of halogens is 4. The number of hydrogen-bond acceptors (Lipinski definition) is 3. The maximum absolute atomic E-state index is 13.0. The van der Waals surface area contributed by atoms with Crippen LogP contribution in [0.15, 0.2) is 77.9 Å². The Kier molecular flexibility index (Phi) is 4.47. The highest BCUT2D eigenvalue weighted by molar-refractivity contribution is 6.30. The van der Waals surface area contributed by atoms with Crippen LogP contribution < -0.4 is 4.74 Å². The van der Waals surface area contributed by atoms with E-state index in [1.807, 2.05) is 41.4 Å². The highest BCUT2D eigenvalue weighted by atomic mass is 35.5. The van der Waals surface area contributed by atoms with E-state index in [2.05, 4.69) is 0 Å². The Labute approximate surface area is 176 Å². The zero-order chi connectivity index (χ0) is 20.9. The fourth-order valence-electron chi connectivity index (χ4n) is 3.92. The minimum atomic E-state index is -4.38. The van der Waals surface area contributed by atoms with E-state index in [1.165, 1.54) is 12.1 Å². The lowest BCUT2D eigenvalue weighted by molar-refractivity contribution is -0.137. The Balaban J connectivity index is 1.57. The molecule has 0 aliphatic carbocycles. The summed E-state index contributed by atoms with van der Waals surface area (Å²) in [5, 5.41) is 7.22. The minimum Gasteiger partial charge on any atom is -0.464 e. The normalized spacial score (nSPS) is 20.3. The Hall–Kier alpha value is -2.99. The van der Waals surface area contributed by atoms with Gasteiger partial charge in [0.2, 0.25) is 6.23 Å². The zero-order valence-electron chi connectivity index (χ0n) is 15.6. The Bertz CT molecular complexity index is 1110. The fourth-order valence-corrected chi connectivity index (χ4v) is 4.10. The van der Waals surface area contributed by atoms with Gasteiger partial charge in [-0.3, -0.25) is 0 Å². The van der Waals surface area contributed by atoms with E-state index in [0.29, 0.717) is 22.8 Å². The largest absolute Gasteiger partial charge is 0.464 e. The van der Waals surface area contributed by atoms with Gasteiger partial charge in [-0.15, -0.1) is 0 Å². The molecule has 0 saturated heterocycles. The SMILES string of the molecule is FC(F)(F)c1ccc([C@H]2Oc3ccc(Cl)cc3[C@H]3CC(c4ccccc4)=NN32)cc1. The standard InChI is InChI=1S/C23H16ClF3N2O/c24-17-10-11-21-18(12-17)20-13-19(14-4-2-1-3-5-14)28-29(20)22(30-21)15-6-8-16(9-7-15)23(25,26)27/h1-12,20,22H,13H2/t20-,22-/m1/s1. The molecule has 7 heteroatoms. The molecule has 5 rings (SSSR count). The van der Waals surface area contributed by atoms with Crippen LogP contribution in [0.5, 0.6) is 5.75 Å². The van der Waals surface area contributed by atoms with Gasteiger partial charge in [0, 0.05) is 22.6 Å². The number of benzene rings is 3. The van der Waals surface area contributed by atoms with Crippen LogP contribution in [-0.4, -0.2) is 10.7 Å². The van der Waals surface area contributed by atoms with Crippen molar-refractivity contribution in [2.45, 2.75) is 24.9 Å². The van der Waals surface area contributed by atoms with Gasteiger partial charge in [-0.05, 0) is 35.9 Å². The predicted octanol–water partition coefficient (Wildman–Crippen LogP) is 6.60. The van der Waals surface area contributed by atoms with Crippen molar-refractivity contribution in [2.24, 2.45) is 5.10 Å². The molecule has 30 heavy (non-hydrogen) atoms. The summed E-state index contributed by atoms with van der Waals surface area (Å²) in [6, 6.07) is 20.1. The van der Waals surface area contributed by atoms with Crippen molar-refractivity contribution in [1.29, 1.82) is 0 Å². The molecule has 2 aliphatic heterocycles. The summed E-state index contributed by atoms with van der Waals surface area (Å²) in [5.41, 5.74) is 2.73. The average molecular weight is 429 g/mol. The molecule has 0 amide bonds. The highest BCUT2D eigenvalue weighted by Gasteiger charge is 2.41. The zero-order valence-corrected chi connectivity index (χ0v) is 16.4. The van der Waals surface area contributed by atoms with Crippen molar-refractivity contribution in [1.82, 2.24) is 5.01 Å². The molecule has 3 nitrogen and oxygen atoms in total. The van der Waals surface area contributed by atoms with E-state index >= 15 is 0 Å². The summed E-state index contributed by atoms with van der Waals surface area (Å²) >= 11 is 6.22. The third-order valence-corrected chi connectivity index (χ3v) is 5.62. The van der Waals surface area contributed by atoms with Crippen LogP contribution in [0.1, 0.15) is 40.9 Å². The first-order valence-electron chi connectivity index (χ1n) is 9.44. The molecule has 0 aromatic heterocycles. The Morgan fingerprint density at radius 1 is 0.967 bits per heavy atom. The lowest BCUT2D eigenvalue weighted by Gasteiger charge is -2.38. The van der Waals surface area contributed by atoms with Crippen LogP contribution in [-0.2, 0) is 6.18 Å². The number of nitrogens with zero attached hydrogens (tertiary/aromatic N) is 2. The molecule has 2 atom stereocenters. The number of ether oxygens (including phenoxy) is 1. The van der Waals surface area contributed by atoms with Crippen molar-refractivity contribution in [3.8, 4) is 5.75 Å². The number of fused-ring (bicyclic) bond motifs is 3. The molecule has 152 valence electrons. The molecule has 0 fully saturated rings. The number of rotatable bonds is 2. The predicted molar refractivity (Wildman–Crippen MR) is 108 cm³/mol. The van der Waals surface area contributed by atoms with Gasteiger partial charge < -0.3 is 4.74 Å². The van der Waals surface area contributed by atoms with Gasteiger partial charge in [0.05, 0.1) is 17.3 Å². The van der Waals surface area contributed by atoms with Gasteiger partial charge in [0.1, 0.15) is 5.75 Å². The van der Waals surface area contributed by atoms with Crippen LogP contribution >= 0.6 is 11.6 Å². The van der Waals surface area contributed by atoms with Crippen molar-refractivity contribution in [3.63, 3.8) is 0 Å². The molecular weight excluding hydrogens is 413 g/mol. The average Bonchev–Trinajstić information content (AvgIpc) is 3.19. The van der Waals surface area contributed by atoms with Crippen molar-refractivity contribution >= 4 is 17.3 Å². The molecule has 0 spiro atoms. The first-order chi connectivity index (χ1) is 14.4. The lowest BCUT2D eigenvalue weighted by atomic mass is 9.96. The van der Waals surface area contributed by atoms with Crippen LogP contribution in [0.3, 0.4) is 0 Å². The van der Waals surface area contributed by atoms with E-state index in [9.17, 15) is 13.2 Å². The van der Waals surface area contributed by atoms with Gasteiger partial charge in [0.15, 0.2) is 0 Å². The molecule has 3 aromatic rings. The van der Waals surface area contributed by atoms with Gasteiger partial charge in [-0.2, -0.15) is 18.3 Å². The summed E-state index contributed by atoms with van der Waals surface area (Å²) in [5.74, 6) is 0.662. The van der Waals surface area contributed by atoms with E-state index < -0.39 is 18.0 Å². The van der Waals surface area contributed by atoms with Crippen LogP contribution in [0.4, 0.5) is 13.2 Å². The van der Waals surface area contributed by atoms with Gasteiger partial charge in [-0.25, -0.2) is 5.01 Å². The van der Waals surface area contributed by atoms with E-state index in [-0.39, 0.29) is 6.04 Å². The first kappa shape index (κ1) is 19.0. The second-order valence-electron chi connectivity index (χ2n) is 7.28. The number of hydrazone groups is 1. The smallest absolute Gasteiger partial charge is 0.416 e. The highest BCUT2D eigenvalue weighted by Crippen LogP contribution is 2.48. The Morgan fingerprint density at radius 3 is 2.40 bits per heavy atom. The topological polar surface area (TPSA) is 24.8 Å². The summed E-state index contributed by atoms with van der Waals surface area (Å²) in [7, 11) is 0. The molecular formula is C23H16ClF3N2O. The molecule has 2 heterocycles. The van der Waals surface area contributed by atoms with E-state index in [0.717, 1.165) is 29.0 Å². The molecule has 3 aromatic carbocycles. The van der Waals surface area contributed by atoms with Gasteiger partial charge >= 0.3 is 6.18 Å². The molecule has 0 radical (unpaired) electrons. The van der Waals surface area contributed by atoms with Crippen molar-refractivity contribution < 1.29 is 17.9 Å². The summed E-state index contributed by atoms with van der Waals surface area (Å²) in [6.07, 6.45) is -4.37. The van der Waals surface area contributed by atoms with Crippen molar-refractivity contribution in [3.05, 3.63) is 100 Å². The van der Waals surface area contributed by atoms with E-state index in [1.54, 1.807) is 12.1 Å². The maximum atomic E-state index is 13.0. The van der Waals surface area contributed by atoms with Crippen molar-refractivity contribution in [2.75, 3.05) is 0 Å². The monoisotopic (exact) mass is 428 g/mol. The van der Waals surface area contributed by atoms with Crippen LogP contribution in [0.2, 0.25) is 5.02 Å². The van der Waals surface area contributed by atoms with Gasteiger partial charge in [-0.1, -0.05) is 54.1 Å². The third-order valence-electron chi connectivity index (χ3n) is 5.38. The van der Waals surface area contributed by atoms with Crippen LogP contribution in [0, 0.1) is 0 Å². The minimum absolute atomic E-state index is 0.116. The number of hydrogen-bond donors (Lipinski definition) is 0. The summed E-state index contributed by atoms with van der Waals surface area (Å²) in [6.45, 7) is 0. The Morgan fingerprint density at radius 2 is 1.70 bits per heavy atom. The molecule has 0 bridgehead atoms. The molecule has 2 aliphatic rings. The molecule has 0 saturated carbocycles. The summed E-state index contributed by atoms with van der Waals surface area (Å²) in [4.78, 5) is 0. The molecule has 0 unspecified atom stereocenters. The lowest BCUT2D eigenvalue weighted by Crippen LogP contribution is -2.33. The maximum Gasteiger partial charge on any atom is 0.416 e. The quantitative estimate of drug-likeness (QED) is 0.459. The first-order valence-corrected chi connectivity index (χ1v) is 9.82. The third kappa shape index (κ3) is 3.31. The summed E-state index contributed by atoms with van der Waals surface area (Å²) < 4.78 is 45.1. The fraction of sp³-hybridized carbons (Fsp3) is 0.174.